The number of rotatable bonds is 3. The maximum Gasteiger partial charge on any atom is 0.125 e. The predicted molar refractivity (Wildman–Crippen MR) is 75.0 cm³/mol. The van der Waals surface area contributed by atoms with Crippen LogP contribution in [0.15, 0.2) is 22.6 Å². The summed E-state index contributed by atoms with van der Waals surface area (Å²) in [5, 5.41) is 11.2. The van der Waals surface area contributed by atoms with Gasteiger partial charge in [-0.25, -0.2) is 0 Å². The van der Waals surface area contributed by atoms with Crippen LogP contribution in [0.2, 0.25) is 5.02 Å². The fourth-order valence-electron chi connectivity index (χ4n) is 2.29. The first-order chi connectivity index (χ1) is 8.95. The van der Waals surface area contributed by atoms with Crippen molar-refractivity contribution >= 4 is 11.6 Å². The molecule has 3 nitrogen and oxygen atoms in total. The molecule has 0 aliphatic carbocycles. The van der Waals surface area contributed by atoms with Gasteiger partial charge in [-0.3, -0.25) is 0 Å². The Morgan fingerprint density at radius 1 is 1.21 bits per heavy atom. The van der Waals surface area contributed by atoms with E-state index in [1.165, 1.54) is 0 Å². The van der Waals surface area contributed by atoms with Crippen LogP contribution in [0, 0.1) is 20.8 Å². The van der Waals surface area contributed by atoms with E-state index in [4.69, 9.17) is 20.8 Å². The highest BCUT2D eigenvalue weighted by atomic mass is 35.5. The smallest absolute Gasteiger partial charge is 0.125 e. The second kappa shape index (κ2) is 5.27. The highest BCUT2D eigenvalue weighted by molar-refractivity contribution is 6.30. The maximum absolute atomic E-state index is 10.6. The molecule has 1 unspecified atom stereocenters. The van der Waals surface area contributed by atoms with E-state index >= 15 is 0 Å². The third-order valence-corrected chi connectivity index (χ3v) is 3.61. The van der Waals surface area contributed by atoms with Crippen molar-refractivity contribution in [2.75, 3.05) is 7.11 Å². The normalized spacial score (nSPS) is 12.5. The fraction of sp³-hybridized carbons (Fsp3) is 0.333. The molecule has 1 atom stereocenters. The lowest BCUT2D eigenvalue weighted by Gasteiger charge is -2.15. The van der Waals surface area contributed by atoms with Crippen molar-refractivity contribution in [2.45, 2.75) is 26.9 Å². The van der Waals surface area contributed by atoms with Crippen molar-refractivity contribution in [2.24, 2.45) is 0 Å². The molecule has 0 fully saturated rings. The van der Waals surface area contributed by atoms with E-state index in [9.17, 15) is 5.11 Å². The summed E-state index contributed by atoms with van der Waals surface area (Å²) < 4.78 is 10.8. The number of aryl methyl sites for hydroxylation is 2. The quantitative estimate of drug-likeness (QED) is 0.926. The number of halogens is 1. The maximum atomic E-state index is 10.6. The fourth-order valence-corrected chi connectivity index (χ4v) is 2.47. The summed E-state index contributed by atoms with van der Waals surface area (Å²) in [5.41, 5.74) is 2.37. The van der Waals surface area contributed by atoms with E-state index in [2.05, 4.69) is 0 Å². The summed E-state index contributed by atoms with van der Waals surface area (Å²) >= 11 is 6.00. The van der Waals surface area contributed by atoms with Gasteiger partial charge in [-0.2, -0.15) is 0 Å². The Morgan fingerprint density at radius 3 is 2.42 bits per heavy atom. The van der Waals surface area contributed by atoms with Crippen molar-refractivity contribution in [3.63, 3.8) is 0 Å². The van der Waals surface area contributed by atoms with Crippen molar-refractivity contribution in [1.82, 2.24) is 0 Å². The van der Waals surface area contributed by atoms with Crippen molar-refractivity contribution in [3.8, 4) is 5.75 Å². The molecule has 0 aliphatic heterocycles. The van der Waals surface area contributed by atoms with Gasteiger partial charge in [0.25, 0.3) is 0 Å². The molecule has 1 aromatic heterocycles. The Bertz CT molecular complexity index is 602. The van der Waals surface area contributed by atoms with E-state index < -0.39 is 6.10 Å². The molecule has 1 N–H and O–H groups in total. The van der Waals surface area contributed by atoms with Crippen LogP contribution in [0.4, 0.5) is 0 Å². The minimum Gasteiger partial charge on any atom is -0.496 e. The number of hydrogen-bond acceptors (Lipinski definition) is 3. The van der Waals surface area contributed by atoms with Gasteiger partial charge in [-0.05, 0) is 44.5 Å². The number of benzene rings is 1. The lowest BCUT2D eigenvalue weighted by molar-refractivity contribution is 0.212. The molecule has 1 heterocycles. The highest BCUT2D eigenvalue weighted by Gasteiger charge is 2.23. The second-order valence-corrected chi connectivity index (χ2v) is 4.98. The van der Waals surface area contributed by atoms with Crippen molar-refractivity contribution < 1.29 is 14.3 Å². The van der Waals surface area contributed by atoms with E-state index in [-0.39, 0.29) is 0 Å². The van der Waals surface area contributed by atoms with Gasteiger partial charge in [0.05, 0.1) is 7.11 Å². The number of aliphatic hydroxyl groups excluding tert-OH is 1. The van der Waals surface area contributed by atoms with Crippen LogP contribution in [0.3, 0.4) is 0 Å². The number of furan rings is 1. The molecule has 0 saturated carbocycles. The Balaban J connectivity index is 2.55. The van der Waals surface area contributed by atoms with Crippen LogP contribution in [0.1, 0.15) is 34.3 Å². The Kier molecular flexibility index (Phi) is 3.88. The van der Waals surface area contributed by atoms with Gasteiger partial charge in [0.1, 0.15) is 23.4 Å². The standard InChI is InChI=1S/C15H17ClO3/c1-8-9(2)19-10(3)14(8)15(17)12-7-11(16)5-6-13(12)18-4/h5-7,15,17H,1-4H3. The van der Waals surface area contributed by atoms with Crippen LogP contribution in [-0.4, -0.2) is 12.2 Å². The zero-order valence-corrected chi connectivity index (χ0v) is 12.2. The first-order valence-corrected chi connectivity index (χ1v) is 6.41. The summed E-state index contributed by atoms with van der Waals surface area (Å²) in [6, 6.07) is 5.20. The summed E-state index contributed by atoms with van der Waals surface area (Å²) in [5.74, 6) is 2.13. The second-order valence-electron chi connectivity index (χ2n) is 4.54. The predicted octanol–water partition coefficient (Wildman–Crippen LogP) is 3.95. The Labute approximate surface area is 117 Å². The summed E-state index contributed by atoms with van der Waals surface area (Å²) in [6.45, 7) is 5.66. The first kappa shape index (κ1) is 14.0. The van der Waals surface area contributed by atoms with E-state index in [1.54, 1.807) is 25.3 Å². The molecule has 0 radical (unpaired) electrons. The SMILES string of the molecule is COc1ccc(Cl)cc1C(O)c1c(C)oc(C)c1C. The van der Waals surface area contributed by atoms with Crippen molar-refractivity contribution in [3.05, 3.63) is 51.4 Å². The molecule has 4 heteroatoms. The van der Waals surface area contributed by atoms with E-state index in [0.29, 0.717) is 22.1 Å². The molecular formula is C15H17ClO3. The Morgan fingerprint density at radius 2 is 1.89 bits per heavy atom. The van der Waals surface area contributed by atoms with Gasteiger partial charge < -0.3 is 14.3 Å². The van der Waals surface area contributed by atoms with Gasteiger partial charge in [0, 0.05) is 16.1 Å². The largest absolute Gasteiger partial charge is 0.496 e. The molecule has 1 aromatic carbocycles. The lowest BCUT2D eigenvalue weighted by atomic mass is 9.97. The molecule has 2 rings (SSSR count). The zero-order valence-electron chi connectivity index (χ0n) is 11.5. The van der Waals surface area contributed by atoms with Gasteiger partial charge in [0.15, 0.2) is 0 Å². The minimum atomic E-state index is -0.814. The lowest BCUT2D eigenvalue weighted by Crippen LogP contribution is -2.04. The average Bonchev–Trinajstić information content (AvgIpc) is 2.62. The van der Waals surface area contributed by atoms with Crippen LogP contribution in [-0.2, 0) is 0 Å². The van der Waals surface area contributed by atoms with Gasteiger partial charge in [-0.15, -0.1) is 0 Å². The average molecular weight is 281 g/mol. The molecule has 0 aliphatic rings. The molecule has 102 valence electrons. The number of hydrogen-bond donors (Lipinski definition) is 1. The summed E-state index contributed by atoms with van der Waals surface area (Å²) in [6.07, 6.45) is -0.814. The summed E-state index contributed by atoms with van der Waals surface area (Å²) in [4.78, 5) is 0. The van der Waals surface area contributed by atoms with Gasteiger partial charge in [0.2, 0.25) is 0 Å². The van der Waals surface area contributed by atoms with Crippen LogP contribution in [0.5, 0.6) is 5.75 Å². The zero-order chi connectivity index (χ0) is 14.2. The molecule has 2 aromatic rings. The Hall–Kier alpha value is -1.45. The highest BCUT2D eigenvalue weighted by Crippen LogP contribution is 2.36. The molecule has 0 saturated heterocycles. The third-order valence-electron chi connectivity index (χ3n) is 3.38. The first-order valence-electron chi connectivity index (χ1n) is 6.03. The van der Waals surface area contributed by atoms with E-state index in [1.807, 2.05) is 20.8 Å². The summed E-state index contributed by atoms with van der Waals surface area (Å²) in [7, 11) is 1.57. The minimum absolute atomic E-state index is 0.561. The molecule has 0 bridgehead atoms. The molecule has 0 amide bonds. The third kappa shape index (κ3) is 2.48. The number of aliphatic hydroxyl groups is 1. The van der Waals surface area contributed by atoms with Gasteiger partial charge in [-0.1, -0.05) is 11.6 Å². The van der Waals surface area contributed by atoms with Crippen molar-refractivity contribution in [1.29, 1.82) is 0 Å². The molecule has 19 heavy (non-hydrogen) atoms. The number of methoxy groups -OCH3 is 1. The monoisotopic (exact) mass is 280 g/mol. The van der Waals surface area contributed by atoms with Crippen LogP contribution < -0.4 is 4.74 Å². The number of ether oxygens (including phenoxy) is 1. The van der Waals surface area contributed by atoms with E-state index in [0.717, 1.165) is 16.9 Å². The molecule has 0 spiro atoms. The van der Waals surface area contributed by atoms with Crippen LogP contribution >= 0.6 is 11.6 Å². The van der Waals surface area contributed by atoms with Gasteiger partial charge >= 0.3 is 0 Å². The topological polar surface area (TPSA) is 42.6 Å². The molecular weight excluding hydrogens is 264 g/mol. The van der Waals surface area contributed by atoms with Crippen LogP contribution in [0.25, 0.3) is 0 Å².